The Balaban J connectivity index is 4.98. The van der Waals surface area contributed by atoms with E-state index in [-0.39, 0.29) is 25.7 Å². The summed E-state index contributed by atoms with van der Waals surface area (Å²) in [4.78, 5) is 71.5. The predicted octanol–water partition coefficient (Wildman–Crippen LogP) is 16.6. The summed E-state index contributed by atoms with van der Waals surface area (Å²) in [6.07, 6.45) is 38.4. The maximum Gasteiger partial charge on any atom is 0.472 e. The summed E-state index contributed by atoms with van der Waals surface area (Å²) in [5.41, 5.74) is 0. The van der Waals surface area contributed by atoms with E-state index in [0.29, 0.717) is 25.7 Å². The van der Waals surface area contributed by atoms with Crippen LogP contribution in [-0.4, -0.2) is 96.7 Å². The molecule has 0 radical (unpaired) electrons. The Morgan fingerprint density at radius 1 is 0.338 bits per heavy atom. The van der Waals surface area contributed by atoms with E-state index < -0.39 is 97.5 Å². The van der Waals surface area contributed by atoms with Gasteiger partial charge in [0.25, 0.3) is 0 Å². The molecule has 0 saturated carbocycles. The first-order chi connectivity index (χ1) is 38.5. The average molecular weight is 1190 g/mol. The maximum atomic E-state index is 12.9. The minimum Gasteiger partial charge on any atom is -0.462 e. The van der Waals surface area contributed by atoms with Crippen LogP contribution in [0.1, 0.15) is 304 Å². The number of hydrogen-bond acceptors (Lipinski definition) is 15. The normalized spacial score (nSPS) is 14.3. The van der Waals surface area contributed by atoms with Crippen LogP contribution in [0, 0.1) is 5.92 Å². The lowest BCUT2D eigenvalue weighted by Crippen LogP contribution is -2.30. The molecule has 3 N–H and O–H groups in total. The van der Waals surface area contributed by atoms with Crippen LogP contribution in [-0.2, 0) is 65.4 Å². The summed E-state index contributed by atoms with van der Waals surface area (Å²) in [5.74, 6) is -1.34. The molecule has 0 saturated heterocycles. The van der Waals surface area contributed by atoms with Gasteiger partial charge in [-0.05, 0) is 31.6 Å². The molecule has 80 heavy (non-hydrogen) atoms. The second-order valence-corrected chi connectivity index (χ2v) is 25.5. The third kappa shape index (κ3) is 55.3. The molecule has 0 rings (SSSR count). The first kappa shape index (κ1) is 78.1. The highest BCUT2D eigenvalue weighted by Crippen LogP contribution is 2.45. The Kier molecular flexibility index (Phi) is 53.6. The van der Waals surface area contributed by atoms with Crippen LogP contribution in [0.5, 0.6) is 0 Å². The van der Waals surface area contributed by atoms with Crippen LogP contribution < -0.4 is 0 Å². The monoisotopic (exact) mass is 1180 g/mol. The highest BCUT2D eigenvalue weighted by molar-refractivity contribution is 7.47. The van der Waals surface area contributed by atoms with Crippen molar-refractivity contribution >= 4 is 39.5 Å². The molecule has 5 atom stereocenters. The van der Waals surface area contributed by atoms with Gasteiger partial charge in [-0.1, -0.05) is 253 Å². The van der Waals surface area contributed by atoms with E-state index >= 15 is 0 Å². The summed E-state index contributed by atoms with van der Waals surface area (Å²) in [6.45, 7) is 7.03. The van der Waals surface area contributed by atoms with E-state index in [4.69, 9.17) is 37.0 Å². The second-order valence-electron chi connectivity index (χ2n) is 22.6. The number of phosphoric ester groups is 2. The van der Waals surface area contributed by atoms with E-state index in [9.17, 15) is 43.2 Å². The van der Waals surface area contributed by atoms with Crippen LogP contribution in [0.25, 0.3) is 0 Å². The molecule has 2 unspecified atom stereocenters. The van der Waals surface area contributed by atoms with Gasteiger partial charge in [-0.25, -0.2) is 9.13 Å². The third-order valence-corrected chi connectivity index (χ3v) is 15.9. The van der Waals surface area contributed by atoms with Gasteiger partial charge in [-0.2, -0.15) is 0 Å². The molecule has 0 bridgehead atoms. The van der Waals surface area contributed by atoms with Crippen LogP contribution >= 0.6 is 15.6 Å². The number of rotatable bonds is 61. The quantitative estimate of drug-likeness (QED) is 0.0222. The van der Waals surface area contributed by atoms with Crippen molar-refractivity contribution in [3.63, 3.8) is 0 Å². The van der Waals surface area contributed by atoms with Gasteiger partial charge in [-0.3, -0.25) is 37.3 Å². The number of esters is 4. The van der Waals surface area contributed by atoms with Crippen molar-refractivity contribution in [1.82, 2.24) is 0 Å². The maximum absolute atomic E-state index is 12.9. The minimum atomic E-state index is -4.93. The average Bonchev–Trinajstić information content (AvgIpc) is 3.42. The highest BCUT2D eigenvalue weighted by atomic mass is 31.2. The molecular formula is C61H118O17P2. The molecular weight excluding hydrogens is 1070 g/mol. The van der Waals surface area contributed by atoms with E-state index in [1.54, 1.807) is 0 Å². The number of unbranched alkanes of at least 4 members (excludes halogenated alkanes) is 33. The van der Waals surface area contributed by atoms with E-state index in [2.05, 4.69) is 34.6 Å². The summed E-state index contributed by atoms with van der Waals surface area (Å²) in [6, 6.07) is 0. The summed E-state index contributed by atoms with van der Waals surface area (Å²) < 4.78 is 67.4. The largest absolute Gasteiger partial charge is 0.472 e. The van der Waals surface area contributed by atoms with Gasteiger partial charge in [0.05, 0.1) is 26.4 Å². The third-order valence-electron chi connectivity index (χ3n) is 14.0. The Morgan fingerprint density at radius 2 is 0.575 bits per heavy atom. The number of ether oxygens (including phenoxy) is 4. The molecule has 0 aromatic rings. The number of aliphatic hydroxyl groups excluding tert-OH is 1. The van der Waals surface area contributed by atoms with Gasteiger partial charge in [0, 0.05) is 25.7 Å². The van der Waals surface area contributed by atoms with Crippen molar-refractivity contribution in [3.8, 4) is 0 Å². The van der Waals surface area contributed by atoms with Gasteiger partial charge >= 0.3 is 39.5 Å². The number of hydrogen-bond donors (Lipinski definition) is 3. The van der Waals surface area contributed by atoms with E-state index in [1.165, 1.54) is 96.3 Å². The first-order valence-corrected chi connectivity index (χ1v) is 35.1. The molecule has 19 heteroatoms. The zero-order valence-corrected chi connectivity index (χ0v) is 53.0. The number of carbonyl (C=O) groups excluding carboxylic acids is 4. The zero-order valence-electron chi connectivity index (χ0n) is 51.2. The van der Waals surface area contributed by atoms with Gasteiger partial charge in [-0.15, -0.1) is 0 Å². The standard InChI is InChI=1S/C61H118O17P2/c1-6-9-12-15-29-35-40-45-59(64)72-51-57(78-61(66)47-42-37-32-28-26-24-22-20-18-17-19-21-23-25-27-31-34-38-43-54(4)5)53-76-80(69,70)74-49-55(62)48-73-79(67,68)75-52-56(50-71-58(63)44-39-33-14-11-8-3)77-60(65)46-41-36-30-16-13-10-7-2/h54-57,62H,6-53H2,1-5H3,(H,67,68)(H,69,70)/t55-,56+,57+/m0/s1. The van der Waals surface area contributed by atoms with Crippen LogP contribution in [0.3, 0.4) is 0 Å². The lowest BCUT2D eigenvalue weighted by Gasteiger charge is -2.21. The second kappa shape index (κ2) is 55.0. The Morgan fingerprint density at radius 3 is 0.850 bits per heavy atom. The lowest BCUT2D eigenvalue weighted by molar-refractivity contribution is -0.161. The van der Waals surface area contributed by atoms with Crippen molar-refractivity contribution < 1.29 is 80.2 Å². The predicted molar refractivity (Wildman–Crippen MR) is 317 cm³/mol. The number of phosphoric acid groups is 2. The molecule has 0 aliphatic heterocycles. The first-order valence-electron chi connectivity index (χ1n) is 32.1. The summed E-state index contributed by atoms with van der Waals surface area (Å²) >= 11 is 0. The fourth-order valence-electron chi connectivity index (χ4n) is 9.05. The summed E-state index contributed by atoms with van der Waals surface area (Å²) in [5, 5.41) is 10.5. The number of carbonyl (C=O) groups is 4. The van der Waals surface area contributed by atoms with Crippen molar-refractivity contribution in [1.29, 1.82) is 0 Å². The van der Waals surface area contributed by atoms with Crippen molar-refractivity contribution in [2.75, 3.05) is 39.6 Å². The van der Waals surface area contributed by atoms with E-state index in [0.717, 1.165) is 128 Å². The van der Waals surface area contributed by atoms with Crippen molar-refractivity contribution in [2.45, 2.75) is 323 Å². The molecule has 0 aliphatic carbocycles. The van der Waals surface area contributed by atoms with Crippen LogP contribution in [0.15, 0.2) is 0 Å². The van der Waals surface area contributed by atoms with Gasteiger partial charge < -0.3 is 33.8 Å². The molecule has 0 amide bonds. The van der Waals surface area contributed by atoms with Crippen LogP contribution in [0.2, 0.25) is 0 Å². The SMILES string of the molecule is CCCCCCCCCC(=O)OC[C@H](COP(=O)(O)OC[C@@H](O)COP(=O)(O)OC[C@@H](COC(=O)CCCCCCC)OC(=O)CCCCCCCCC)OC(=O)CCCCCCCCCCCCCCCCCCCCC(C)C. The Hall–Kier alpha value is -1.94. The topological polar surface area (TPSA) is 237 Å². The molecule has 0 spiro atoms. The summed E-state index contributed by atoms with van der Waals surface area (Å²) in [7, 11) is -9.86. The van der Waals surface area contributed by atoms with Crippen LogP contribution in [0.4, 0.5) is 0 Å². The lowest BCUT2D eigenvalue weighted by atomic mass is 10.0. The molecule has 17 nitrogen and oxygen atoms in total. The molecule has 0 fully saturated rings. The van der Waals surface area contributed by atoms with Crippen molar-refractivity contribution in [3.05, 3.63) is 0 Å². The Bertz CT molecular complexity index is 1570. The Labute approximate surface area is 486 Å². The van der Waals surface area contributed by atoms with Gasteiger partial charge in [0.1, 0.15) is 19.3 Å². The minimum absolute atomic E-state index is 0.103. The van der Waals surface area contributed by atoms with E-state index in [1.807, 2.05) is 0 Å². The fraction of sp³-hybridized carbons (Fsp3) is 0.934. The molecule has 0 heterocycles. The fourth-order valence-corrected chi connectivity index (χ4v) is 10.6. The van der Waals surface area contributed by atoms with Crippen molar-refractivity contribution in [2.24, 2.45) is 5.92 Å². The molecule has 0 aromatic heterocycles. The van der Waals surface area contributed by atoms with Gasteiger partial charge in [0.15, 0.2) is 12.2 Å². The highest BCUT2D eigenvalue weighted by Gasteiger charge is 2.30. The molecule has 0 aliphatic rings. The number of aliphatic hydroxyl groups is 1. The molecule has 474 valence electrons. The van der Waals surface area contributed by atoms with Gasteiger partial charge in [0.2, 0.25) is 0 Å². The molecule has 0 aromatic carbocycles. The smallest absolute Gasteiger partial charge is 0.462 e. The zero-order chi connectivity index (χ0) is 59.2.